The number of furan rings is 1. The number of halogens is 1. The third kappa shape index (κ3) is 3.32. The predicted octanol–water partition coefficient (Wildman–Crippen LogP) is 7.17. The van der Waals surface area contributed by atoms with Crippen molar-refractivity contribution >= 4 is 34.2 Å². The van der Waals surface area contributed by atoms with Crippen molar-refractivity contribution in [3.05, 3.63) is 101 Å². The number of anilines is 1. The molecule has 2 aliphatic rings. The van der Waals surface area contributed by atoms with Crippen LogP contribution in [0.4, 0.5) is 5.69 Å². The Balaban J connectivity index is 1.38. The number of hydrogen-bond acceptors (Lipinski definition) is 3. The number of carboxylic acids is 1. The van der Waals surface area contributed by atoms with Crippen LogP contribution in [0.1, 0.15) is 48.5 Å². The van der Waals surface area contributed by atoms with E-state index in [9.17, 15) is 9.90 Å². The molecule has 4 nitrogen and oxygen atoms in total. The van der Waals surface area contributed by atoms with Crippen LogP contribution in [0.15, 0.2) is 83.3 Å². The minimum Gasteiger partial charge on any atom is -0.480 e. The summed E-state index contributed by atoms with van der Waals surface area (Å²) in [7, 11) is 0. The van der Waals surface area contributed by atoms with E-state index in [4.69, 9.17) is 16.0 Å². The highest BCUT2D eigenvalue weighted by atomic mass is 35.5. The van der Waals surface area contributed by atoms with Gasteiger partial charge in [-0.3, -0.25) is 0 Å². The molecular weight excluding hydrogens is 446 g/mol. The van der Waals surface area contributed by atoms with E-state index in [-0.39, 0.29) is 11.3 Å². The number of hydrogen-bond donors (Lipinski definition) is 2. The van der Waals surface area contributed by atoms with Gasteiger partial charge >= 0.3 is 5.97 Å². The first-order chi connectivity index (χ1) is 16.5. The van der Waals surface area contributed by atoms with Crippen molar-refractivity contribution in [2.75, 3.05) is 5.32 Å². The number of carboxylic acid groups (broad SMARTS) is 1. The highest BCUT2D eigenvalue weighted by Crippen LogP contribution is 2.58. The Morgan fingerprint density at radius 3 is 2.47 bits per heavy atom. The minimum absolute atomic E-state index is 0.139. The molecule has 2 N–H and O–H groups in total. The van der Waals surface area contributed by atoms with Gasteiger partial charge in [-0.1, -0.05) is 60.1 Å². The molecule has 4 aromatic rings. The van der Waals surface area contributed by atoms with Gasteiger partial charge in [0.2, 0.25) is 0 Å². The van der Waals surface area contributed by atoms with Crippen LogP contribution in [0.3, 0.4) is 0 Å². The summed E-state index contributed by atoms with van der Waals surface area (Å²) in [6, 6.07) is 26.3. The van der Waals surface area contributed by atoms with Gasteiger partial charge in [0.15, 0.2) is 0 Å². The van der Waals surface area contributed by atoms with E-state index in [1.54, 1.807) is 12.1 Å². The molecule has 1 unspecified atom stereocenters. The molecule has 0 aliphatic heterocycles. The van der Waals surface area contributed by atoms with Crippen LogP contribution in [-0.2, 0) is 16.6 Å². The van der Waals surface area contributed by atoms with Crippen LogP contribution in [0.5, 0.6) is 0 Å². The predicted molar refractivity (Wildman–Crippen MR) is 135 cm³/mol. The summed E-state index contributed by atoms with van der Waals surface area (Å²) < 4.78 is 6.37. The highest BCUT2D eigenvalue weighted by Gasteiger charge is 2.55. The summed E-state index contributed by atoms with van der Waals surface area (Å²) in [6.07, 6.45) is 3.51. The minimum atomic E-state index is -1.02. The number of para-hydroxylation sites is 1. The fraction of sp³-hybridized carbons (Fsp3) is 0.276. The second kappa shape index (κ2) is 7.92. The fourth-order valence-electron chi connectivity index (χ4n) is 6.31. The van der Waals surface area contributed by atoms with Gasteiger partial charge in [0.05, 0.1) is 0 Å². The van der Waals surface area contributed by atoms with Gasteiger partial charge in [-0.2, -0.15) is 0 Å². The van der Waals surface area contributed by atoms with Crippen LogP contribution in [0.25, 0.3) is 11.0 Å². The Labute approximate surface area is 203 Å². The molecule has 0 amide bonds. The molecule has 1 saturated carbocycles. The van der Waals surface area contributed by atoms with Crippen molar-refractivity contribution in [3.63, 3.8) is 0 Å². The third-order valence-corrected chi connectivity index (χ3v) is 8.28. The Bertz CT molecular complexity index is 1350. The lowest BCUT2D eigenvalue weighted by Gasteiger charge is -2.46. The van der Waals surface area contributed by atoms with E-state index in [1.165, 1.54) is 11.1 Å². The SMILES string of the molecule is O=C(O)C1(Nc2cccc(Cl)c2)CCC2(CC1)c1ccccc1CC2c1cc2ccccc2o1. The molecule has 1 heterocycles. The van der Waals surface area contributed by atoms with Gasteiger partial charge in [0.1, 0.15) is 16.9 Å². The van der Waals surface area contributed by atoms with Gasteiger partial charge in [-0.15, -0.1) is 0 Å². The van der Waals surface area contributed by atoms with Crippen LogP contribution >= 0.6 is 11.6 Å². The van der Waals surface area contributed by atoms with Gasteiger partial charge in [0.25, 0.3) is 0 Å². The first-order valence-corrected chi connectivity index (χ1v) is 12.2. The standard InChI is InChI=1S/C29H26ClNO3/c30-21-8-5-9-22(18-21)31-29(27(32)33)14-12-28(13-15-29)23-10-3-1-6-19(23)16-24(28)26-17-20-7-2-4-11-25(20)34-26/h1-11,17-18,24,31H,12-16H2,(H,32,33). The summed E-state index contributed by atoms with van der Waals surface area (Å²) >= 11 is 6.16. The van der Waals surface area contributed by atoms with E-state index in [1.807, 2.05) is 30.3 Å². The van der Waals surface area contributed by atoms with Crippen LogP contribution in [0.2, 0.25) is 5.02 Å². The first-order valence-electron chi connectivity index (χ1n) is 11.8. The van der Waals surface area contributed by atoms with Gasteiger partial charge in [-0.25, -0.2) is 4.79 Å². The summed E-state index contributed by atoms with van der Waals surface area (Å²) in [6.45, 7) is 0. The molecule has 2 aliphatic carbocycles. The molecule has 1 aromatic heterocycles. The fourth-order valence-corrected chi connectivity index (χ4v) is 6.50. The normalized spacial score (nSPS) is 26.0. The lowest BCUT2D eigenvalue weighted by atomic mass is 9.60. The maximum absolute atomic E-state index is 12.6. The largest absolute Gasteiger partial charge is 0.480 e. The lowest BCUT2D eigenvalue weighted by Crippen LogP contribution is -2.52. The molecule has 1 spiro atoms. The summed E-state index contributed by atoms with van der Waals surface area (Å²) in [5, 5.41) is 15.3. The highest BCUT2D eigenvalue weighted by molar-refractivity contribution is 6.30. The smallest absolute Gasteiger partial charge is 0.329 e. The van der Waals surface area contributed by atoms with Crippen LogP contribution in [-0.4, -0.2) is 16.6 Å². The zero-order chi connectivity index (χ0) is 23.3. The second-order valence-electron chi connectivity index (χ2n) is 9.78. The zero-order valence-corrected chi connectivity index (χ0v) is 19.5. The van der Waals surface area contributed by atoms with Crippen LogP contribution in [0, 0.1) is 0 Å². The first kappa shape index (κ1) is 21.3. The molecule has 0 bridgehead atoms. The summed E-state index contributed by atoms with van der Waals surface area (Å²) in [5.41, 5.74) is 3.18. The number of nitrogens with one attached hydrogen (secondary N) is 1. The Morgan fingerprint density at radius 2 is 1.71 bits per heavy atom. The lowest BCUT2D eigenvalue weighted by molar-refractivity contribution is -0.144. The molecule has 1 atom stereocenters. The zero-order valence-electron chi connectivity index (χ0n) is 18.8. The molecule has 34 heavy (non-hydrogen) atoms. The molecule has 1 fully saturated rings. The number of aliphatic carboxylic acids is 1. The van der Waals surface area contributed by atoms with Gasteiger partial charge in [0, 0.05) is 27.4 Å². The van der Waals surface area contributed by atoms with Gasteiger partial charge in [-0.05, 0) is 73.6 Å². The van der Waals surface area contributed by atoms with E-state index in [0.29, 0.717) is 17.9 Å². The van der Waals surface area contributed by atoms with Crippen molar-refractivity contribution < 1.29 is 14.3 Å². The molecule has 0 radical (unpaired) electrons. The average Bonchev–Trinajstić information content (AvgIpc) is 3.40. The van der Waals surface area contributed by atoms with E-state index >= 15 is 0 Å². The third-order valence-electron chi connectivity index (χ3n) is 8.05. The van der Waals surface area contributed by atoms with Crippen molar-refractivity contribution in [1.29, 1.82) is 0 Å². The van der Waals surface area contributed by atoms with Crippen molar-refractivity contribution in [3.8, 4) is 0 Å². The average molecular weight is 472 g/mol. The Morgan fingerprint density at radius 1 is 0.941 bits per heavy atom. The number of carbonyl (C=O) groups is 1. The molecule has 6 rings (SSSR count). The van der Waals surface area contributed by atoms with E-state index in [0.717, 1.165) is 41.7 Å². The summed E-state index contributed by atoms with van der Waals surface area (Å²) in [4.78, 5) is 12.6. The van der Waals surface area contributed by atoms with Crippen molar-refractivity contribution in [2.45, 2.75) is 49.0 Å². The van der Waals surface area contributed by atoms with Crippen molar-refractivity contribution in [1.82, 2.24) is 0 Å². The summed E-state index contributed by atoms with van der Waals surface area (Å²) in [5.74, 6) is 0.382. The number of rotatable bonds is 4. The van der Waals surface area contributed by atoms with E-state index < -0.39 is 11.5 Å². The maximum Gasteiger partial charge on any atom is 0.329 e. The molecule has 172 valence electrons. The van der Waals surface area contributed by atoms with E-state index in [2.05, 4.69) is 41.7 Å². The molecule has 5 heteroatoms. The molecule has 0 saturated heterocycles. The second-order valence-corrected chi connectivity index (χ2v) is 10.2. The monoisotopic (exact) mass is 471 g/mol. The van der Waals surface area contributed by atoms with Crippen LogP contribution < -0.4 is 5.32 Å². The van der Waals surface area contributed by atoms with Gasteiger partial charge < -0.3 is 14.8 Å². The van der Waals surface area contributed by atoms with Crippen molar-refractivity contribution in [2.24, 2.45) is 0 Å². The number of benzene rings is 3. The topological polar surface area (TPSA) is 62.5 Å². The maximum atomic E-state index is 12.6. The molecular formula is C29H26ClNO3. The number of fused-ring (bicyclic) bond motifs is 3. The Hall–Kier alpha value is -3.24. The quantitative estimate of drug-likeness (QED) is 0.331. The Kier molecular flexibility index (Phi) is 4.96. The molecule has 3 aromatic carbocycles.